The molecule has 0 aliphatic carbocycles. The van der Waals surface area contributed by atoms with Crippen molar-refractivity contribution in [1.29, 1.82) is 0 Å². The number of pyridine rings is 1. The van der Waals surface area contributed by atoms with Crippen molar-refractivity contribution in [1.82, 2.24) is 4.98 Å². The highest BCUT2D eigenvalue weighted by Crippen LogP contribution is 2.21. The molecule has 13 heavy (non-hydrogen) atoms. The van der Waals surface area contributed by atoms with Crippen LogP contribution in [0.15, 0.2) is 35.6 Å². The maximum absolute atomic E-state index is 3.99. The molecule has 1 aromatic rings. The average molecular weight is 241 g/mol. The molecule has 0 spiro atoms. The third kappa shape index (κ3) is 3.19. The Morgan fingerprint density at radius 2 is 2.54 bits per heavy atom. The van der Waals surface area contributed by atoms with Crippen LogP contribution in [0.25, 0.3) is 0 Å². The Morgan fingerprint density at radius 1 is 1.77 bits per heavy atom. The molecule has 0 radical (unpaired) electrons. The molecule has 3 heteroatoms. The highest BCUT2D eigenvalue weighted by atomic mass is 79.9. The molecule has 1 unspecified atom stereocenters. The maximum Gasteiger partial charge on any atom is 0.0590 e. The molecule has 0 amide bonds. The standard InChI is InChI=1S/C10H13BrN2/c1-3-4-8(2)13-10-5-6-12-7-9(10)11/h3,5-8H,1,4H2,2H3,(H,12,13). The zero-order valence-corrected chi connectivity index (χ0v) is 9.21. The normalized spacial score (nSPS) is 12.2. The number of rotatable bonds is 4. The van der Waals surface area contributed by atoms with Crippen molar-refractivity contribution >= 4 is 21.6 Å². The summed E-state index contributed by atoms with van der Waals surface area (Å²) < 4.78 is 0.992. The molecule has 0 saturated heterocycles. The second kappa shape index (κ2) is 5.02. The number of aromatic nitrogens is 1. The number of anilines is 1. The van der Waals surface area contributed by atoms with Crippen molar-refractivity contribution in [3.8, 4) is 0 Å². The van der Waals surface area contributed by atoms with Crippen LogP contribution in [0.5, 0.6) is 0 Å². The average Bonchev–Trinajstić information content (AvgIpc) is 2.09. The summed E-state index contributed by atoms with van der Waals surface area (Å²) in [6, 6.07) is 2.35. The highest BCUT2D eigenvalue weighted by molar-refractivity contribution is 9.10. The van der Waals surface area contributed by atoms with Crippen LogP contribution in [0, 0.1) is 0 Å². The molecule has 1 atom stereocenters. The van der Waals surface area contributed by atoms with Gasteiger partial charge in [-0.05, 0) is 35.3 Å². The molecule has 2 nitrogen and oxygen atoms in total. The van der Waals surface area contributed by atoms with E-state index in [0.29, 0.717) is 6.04 Å². The fraction of sp³-hybridized carbons (Fsp3) is 0.300. The monoisotopic (exact) mass is 240 g/mol. The van der Waals surface area contributed by atoms with E-state index >= 15 is 0 Å². The fourth-order valence-corrected chi connectivity index (χ4v) is 1.43. The highest BCUT2D eigenvalue weighted by Gasteiger charge is 2.02. The minimum atomic E-state index is 0.399. The number of hydrogen-bond acceptors (Lipinski definition) is 2. The Morgan fingerprint density at radius 3 is 3.15 bits per heavy atom. The van der Waals surface area contributed by atoms with Crippen molar-refractivity contribution in [2.24, 2.45) is 0 Å². The topological polar surface area (TPSA) is 24.9 Å². The van der Waals surface area contributed by atoms with Crippen LogP contribution >= 0.6 is 15.9 Å². The largest absolute Gasteiger partial charge is 0.381 e. The summed E-state index contributed by atoms with van der Waals surface area (Å²) in [6.07, 6.45) is 6.41. The predicted octanol–water partition coefficient (Wildman–Crippen LogP) is 3.22. The summed E-state index contributed by atoms with van der Waals surface area (Å²) in [5.41, 5.74) is 1.07. The Labute approximate surface area is 87.2 Å². The Hall–Kier alpha value is -0.830. The van der Waals surface area contributed by atoms with Gasteiger partial charge in [0.1, 0.15) is 0 Å². The zero-order valence-electron chi connectivity index (χ0n) is 7.63. The van der Waals surface area contributed by atoms with Crippen LogP contribution in [-0.2, 0) is 0 Å². The van der Waals surface area contributed by atoms with Crippen molar-refractivity contribution in [3.63, 3.8) is 0 Å². The summed E-state index contributed by atoms with van der Waals surface area (Å²) in [5.74, 6) is 0. The van der Waals surface area contributed by atoms with E-state index in [4.69, 9.17) is 0 Å². The van der Waals surface area contributed by atoms with Crippen molar-refractivity contribution in [2.75, 3.05) is 5.32 Å². The second-order valence-electron chi connectivity index (χ2n) is 2.93. The van der Waals surface area contributed by atoms with E-state index in [0.717, 1.165) is 16.6 Å². The van der Waals surface area contributed by atoms with E-state index in [9.17, 15) is 0 Å². The lowest BCUT2D eigenvalue weighted by Gasteiger charge is -2.13. The lowest BCUT2D eigenvalue weighted by atomic mass is 10.2. The van der Waals surface area contributed by atoms with E-state index in [1.807, 2.05) is 12.1 Å². The Bertz CT molecular complexity index is 286. The summed E-state index contributed by atoms with van der Waals surface area (Å²) in [4.78, 5) is 3.99. The van der Waals surface area contributed by atoms with Crippen LogP contribution in [-0.4, -0.2) is 11.0 Å². The van der Waals surface area contributed by atoms with Gasteiger partial charge in [0.2, 0.25) is 0 Å². The minimum absolute atomic E-state index is 0.399. The third-order valence-electron chi connectivity index (χ3n) is 1.69. The third-order valence-corrected chi connectivity index (χ3v) is 2.33. The van der Waals surface area contributed by atoms with Gasteiger partial charge in [0.05, 0.1) is 10.2 Å². The number of hydrogen-bond donors (Lipinski definition) is 1. The van der Waals surface area contributed by atoms with Crippen LogP contribution in [0.4, 0.5) is 5.69 Å². The Balaban J connectivity index is 2.63. The Kier molecular flexibility index (Phi) is 3.96. The predicted molar refractivity (Wildman–Crippen MR) is 59.8 cm³/mol. The quantitative estimate of drug-likeness (QED) is 0.818. The van der Waals surface area contributed by atoms with Crippen LogP contribution in [0.3, 0.4) is 0 Å². The van der Waals surface area contributed by atoms with Gasteiger partial charge in [0.15, 0.2) is 0 Å². The summed E-state index contributed by atoms with van der Waals surface area (Å²) in [5, 5.41) is 3.35. The molecule has 1 rings (SSSR count). The summed E-state index contributed by atoms with van der Waals surface area (Å²) >= 11 is 3.43. The molecule has 0 fully saturated rings. The van der Waals surface area contributed by atoms with Crippen molar-refractivity contribution in [3.05, 3.63) is 35.6 Å². The molecule has 0 saturated carbocycles. The zero-order chi connectivity index (χ0) is 9.68. The molecular weight excluding hydrogens is 228 g/mol. The molecule has 0 aliphatic heterocycles. The maximum atomic E-state index is 3.99. The van der Waals surface area contributed by atoms with Crippen LogP contribution < -0.4 is 5.32 Å². The first-order chi connectivity index (χ1) is 6.24. The summed E-state index contributed by atoms with van der Waals surface area (Å²) in [7, 11) is 0. The van der Waals surface area contributed by atoms with Gasteiger partial charge in [-0.2, -0.15) is 0 Å². The van der Waals surface area contributed by atoms with Gasteiger partial charge in [-0.3, -0.25) is 4.98 Å². The number of halogens is 1. The van der Waals surface area contributed by atoms with E-state index in [-0.39, 0.29) is 0 Å². The van der Waals surface area contributed by atoms with Gasteiger partial charge in [-0.1, -0.05) is 6.08 Å². The van der Waals surface area contributed by atoms with Gasteiger partial charge in [0, 0.05) is 18.4 Å². The smallest absolute Gasteiger partial charge is 0.0590 e. The fourth-order valence-electron chi connectivity index (χ4n) is 1.07. The first kappa shape index (κ1) is 10.3. The molecule has 1 aromatic heterocycles. The molecule has 70 valence electrons. The SMILES string of the molecule is C=CCC(C)Nc1ccncc1Br. The molecular formula is C10H13BrN2. The first-order valence-electron chi connectivity index (χ1n) is 4.21. The van der Waals surface area contributed by atoms with Crippen molar-refractivity contribution in [2.45, 2.75) is 19.4 Å². The van der Waals surface area contributed by atoms with Crippen LogP contribution in [0.1, 0.15) is 13.3 Å². The van der Waals surface area contributed by atoms with Gasteiger partial charge in [-0.15, -0.1) is 6.58 Å². The van der Waals surface area contributed by atoms with E-state index in [1.54, 1.807) is 12.4 Å². The van der Waals surface area contributed by atoms with Gasteiger partial charge < -0.3 is 5.32 Å². The van der Waals surface area contributed by atoms with E-state index in [2.05, 4.69) is 39.7 Å². The molecule has 0 bridgehead atoms. The molecule has 1 N–H and O–H groups in total. The van der Waals surface area contributed by atoms with Gasteiger partial charge in [-0.25, -0.2) is 0 Å². The van der Waals surface area contributed by atoms with Gasteiger partial charge in [0.25, 0.3) is 0 Å². The number of nitrogens with zero attached hydrogens (tertiary/aromatic N) is 1. The lowest BCUT2D eigenvalue weighted by molar-refractivity contribution is 0.813. The number of nitrogens with one attached hydrogen (secondary N) is 1. The first-order valence-corrected chi connectivity index (χ1v) is 5.00. The summed E-state index contributed by atoms with van der Waals surface area (Å²) in [6.45, 7) is 5.82. The van der Waals surface area contributed by atoms with E-state index in [1.165, 1.54) is 0 Å². The van der Waals surface area contributed by atoms with E-state index < -0.39 is 0 Å². The lowest BCUT2D eigenvalue weighted by Crippen LogP contribution is -2.14. The van der Waals surface area contributed by atoms with Crippen LogP contribution in [0.2, 0.25) is 0 Å². The second-order valence-corrected chi connectivity index (χ2v) is 3.78. The molecule has 0 aliphatic rings. The van der Waals surface area contributed by atoms with Crippen molar-refractivity contribution < 1.29 is 0 Å². The minimum Gasteiger partial charge on any atom is -0.381 e. The molecule has 0 aromatic carbocycles. The molecule has 1 heterocycles. The van der Waals surface area contributed by atoms with Gasteiger partial charge >= 0.3 is 0 Å².